The molecule has 0 spiro atoms. The van der Waals surface area contributed by atoms with Crippen molar-refractivity contribution in [1.82, 2.24) is 4.90 Å². The Morgan fingerprint density at radius 1 is 1.64 bits per heavy atom. The second-order valence-electron chi connectivity index (χ2n) is 2.50. The van der Waals surface area contributed by atoms with Gasteiger partial charge in [-0.15, -0.1) is 0 Å². The summed E-state index contributed by atoms with van der Waals surface area (Å²) in [5.74, 6) is 0.447. The number of hydrogen-bond donors (Lipinski definition) is 2. The Morgan fingerprint density at radius 2 is 2.18 bits per heavy atom. The maximum atomic E-state index is 10.1. The van der Waals surface area contributed by atoms with E-state index in [2.05, 4.69) is 4.99 Å². The van der Waals surface area contributed by atoms with Crippen LogP contribution in [0, 0.1) is 0 Å². The van der Waals surface area contributed by atoms with Gasteiger partial charge in [0, 0.05) is 13.1 Å². The van der Waals surface area contributed by atoms with E-state index in [9.17, 15) is 4.79 Å². The van der Waals surface area contributed by atoms with Crippen molar-refractivity contribution in [3.8, 4) is 0 Å². The first-order valence-electron chi connectivity index (χ1n) is 3.31. The summed E-state index contributed by atoms with van der Waals surface area (Å²) in [5, 5.41) is 17.1. The van der Waals surface area contributed by atoms with Crippen LogP contribution < -0.4 is 0 Å². The van der Waals surface area contributed by atoms with Gasteiger partial charge in [-0.3, -0.25) is 0 Å². The van der Waals surface area contributed by atoms with Crippen LogP contribution in [0.15, 0.2) is 4.99 Å². The van der Waals surface area contributed by atoms with Crippen molar-refractivity contribution >= 4 is 11.9 Å². The Labute approximate surface area is 64.0 Å². The van der Waals surface area contributed by atoms with E-state index in [1.165, 1.54) is 0 Å². The molecule has 2 N–H and O–H groups in total. The smallest absolute Gasteiger partial charge is 0.432 e. The molecule has 0 unspecified atom stereocenters. The number of β-amino-alcohol motifs (C(OH)–C–C–N with tert-alkyl or cyclic N) is 1. The van der Waals surface area contributed by atoms with Crippen molar-refractivity contribution in [3.63, 3.8) is 0 Å². The highest BCUT2D eigenvalue weighted by molar-refractivity contribution is 5.89. The lowest BCUT2D eigenvalue weighted by Gasteiger charge is -2.36. The van der Waals surface area contributed by atoms with Crippen LogP contribution in [0.2, 0.25) is 0 Å². The first kappa shape index (κ1) is 8.00. The Morgan fingerprint density at radius 3 is 2.55 bits per heavy atom. The Kier molecular flexibility index (Phi) is 2.09. The predicted octanol–water partition coefficient (Wildman–Crippen LogP) is -0.241. The minimum absolute atomic E-state index is 0.325. The first-order valence-corrected chi connectivity index (χ1v) is 3.31. The number of rotatable bonds is 0. The molecule has 5 nitrogen and oxygen atoms in total. The van der Waals surface area contributed by atoms with Gasteiger partial charge >= 0.3 is 6.09 Å². The van der Waals surface area contributed by atoms with E-state index in [-0.39, 0.29) is 6.10 Å². The molecular weight excluding hydrogens is 148 g/mol. The summed E-state index contributed by atoms with van der Waals surface area (Å²) in [7, 11) is 0. The van der Waals surface area contributed by atoms with Crippen LogP contribution in [0.25, 0.3) is 0 Å². The fourth-order valence-electron chi connectivity index (χ4n) is 0.929. The predicted molar refractivity (Wildman–Crippen MR) is 38.7 cm³/mol. The zero-order valence-corrected chi connectivity index (χ0v) is 6.19. The normalized spacial score (nSPS) is 19.8. The van der Waals surface area contributed by atoms with Gasteiger partial charge in [-0.25, -0.2) is 4.79 Å². The molecule has 1 rings (SSSR count). The van der Waals surface area contributed by atoms with Crippen LogP contribution in [0.1, 0.15) is 6.92 Å². The van der Waals surface area contributed by atoms with Crippen LogP contribution in [-0.2, 0) is 0 Å². The second kappa shape index (κ2) is 2.87. The van der Waals surface area contributed by atoms with E-state index in [0.717, 1.165) is 0 Å². The molecule has 1 fully saturated rings. The zero-order chi connectivity index (χ0) is 8.43. The number of amides is 1. The highest BCUT2D eigenvalue weighted by atomic mass is 16.4. The SMILES string of the molecule is CC(=NC(=O)O)N1CC(O)C1. The number of aliphatic hydroxyl groups excluding tert-OH is 1. The van der Waals surface area contributed by atoms with Crippen molar-refractivity contribution in [3.05, 3.63) is 0 Å². The average Bonchev–Trinajstić information content (AvgIpc) is 1.79. The number of carboxylic acid groups (broad SMARTS) is 1. The summed E-state index contributed by atoms with van der Waals surface area (Å²) >= 11 is 0. The van der Waals surface area contributed by atoms with Gasteiger partial charge < -0.3 is 15.1 Å². The zero-order valence-electron chi connectivity index (χ0n) is 6.19. The molecule has 1 saturated heterocycles. The van der Waals surface area contributed by atoms with Gasteiger partial charge in [0.05, 0.1) is 6.10 Å². The molecular formula is C6H10N2O3. The fraction of sp³-hybridized carbons (Fsp3) is 0.667. The summed E-state index contributed by atoms with van der Waals surface area (Å²) in [5.41, 5.74) is 0. The molecule has 0 aromatic carbocycles. The Hall–Kier alpha value is -1.10. The summed E-state index contributed by atoms with van der Waals surface area (Å²) < 4.78 is 0. The molecule has 5 heteroatoms. The third-order valence-corrected chi connectivity index (χ3v) is 1.58. The summed E-state index contributed by atoms with van der Waals surface area (Å²) in [6, 6.07) is 0. The lowest BCUT2D eigenvalue weighted by molar-refractivity contribution is 0.0461. The Bertz CT molecular complexity index is 196. The van der Waals surface area contributed by atoms with Gasteiger partial charge in [-0.1, -0.05) is 0 Å². The Balaban J connectivity index is 2.43. The molecule has 0 radical (unpaired) electrons. The van der Waals surface area contributed by atoms with Gasteiger partial charge in [-0.2, -0.15) is 4.99 Å². The molecule has 1 heterocycles. The number of hydrogen-bond acceptors (Lipinski definition) is 2. The minimum atomic E-state index is -1.19. The van der Waals surface area contributed by atoms with E-state index in [1.54, 1.807) is 11.8 Å². The molecule has 1 aliphatic heterocycles. The van der Waals surface area contributed by atoms with E-state index < -0.39 is 6.09 Å². The van der Waals surface area contributed by atoms with Crippen molar-refractivity contribution in [2.75, 3.05) is 13.1 Å². The molecule has 0 aromatic heterocycles. The topological polar surface area (TPSA) is 73.1 Å². The van der Waals surface area contributed by atoms with Crippen LogP contribution in [0.5, 0.6) is 0 Å². The number of amidine groups is 1. The third kappa shape index (κ3) is 1.91. The molecule has 1 amide bonds. The highest BCUT2D eigenvalue weighted by Gasteiger charge is 2.25. The van der Waals surface area contributed by atoms with Crippen molar-refractivity contribution in [2.45, 2.75) is 13.0 Å². The van der Waals surface area contributed by atoms with Crippen LogP contribution >= 0.6 is 0 Å². The number of carbonyl (C=O) groups is 1. The molecule has 1 aliphatic rings. The third-order valence-electron chi connectivity index (χ3n) is 1.58. The molecule has 62 valence electrons. The first-order chi connectivity index (χ1) is 5.09. The standard InChI is InChI=1S/C6H10N2O3/c1-4(7-6(10)11)8-2-5(9)3-8/h5,9H,2-3H2,1H3,(H,10,11). The van der Waals surface area contributed by atoms with E-state index in [0.29, 0.717) is 18.9 Å². The van der Waals surface area contributed by atoms with E-state index in [1.807, 2.05) is 0 Å². The van der Waals surface area contributed by atoms with Crippen LogP contribution in [0.4, 0.5) is 4.79 Å². The summed E-state index contributed by atoms with van der Waals surface area (Å²) in [6.07, 6.45) is -1.52. The molecule has 0 saturated carbocycles. The second-order valence-corrected chi connectivity index (χ2v) is 2.50. The van der Waals surface area contributed by atoms with Crippen molar-refractivity contribution in [2.24, 2.45) is 4.99 Å². The largest absolute Gasteiger partial charge is 0.463 e. The maximum Gasteiger partial charge on any atom is 0.432 e. The average molecular weight is 158 g/mol. The van der Waals surface area contributed by atoms with Gasteiger partial charge in [0.25, 0.3) is 0 Å². The van der Waals surface area contributed by atoms with E-state index in [4.69, 9.17) is 10.2 Å². The summed E-state index contributed by atoms with van der Waals surface area (Å²) in [4.78, 5) is 15.0. The van der Waals surface area contributed by atoms with Gasteiger partial charge in [0.2, 0.25) is 0 Å². The van der Waals surface area contributed by atoms with Gasteiger partial charge in [0.15, 0.2) is 0 Å². The number of likely N-dealkylation sites (tertiary alicyclic amines) is 1. The van der Waals surface area contributed by atoms with Gasteiger partial charge in [0.1, 0.15) is 5.84 Å². The quantitative estimate of drug-likeness (QED) is 0.377. The molecule has 0 aliphatic carbocycles. The highest BCUT2D eigenvalue weighted by Crippen LogP contribution is 2.07. The van der Waals surface area contributed by atoms with Crippen LogP contribution in [-0.4, -0.2) is 46.2 Å². The number of aliphatic hydroxyl groups is 1. The fourth-order valence-corrected chi connectivity index (χ4v) is 0.929. The maximum absolute atomic E-state index is 10.1. The monoisotopic (exact) mass is 158 g/mol. The van der Waals surface area contributed by atoms with Crippen molar-refractivity contribution < 1.29 is 15.0 Å². The van der Waals surface area contributed by atoms with Crippen molar-refractivity contribution in [1.29, 1.82) is 0 Å². The summed E-state index contributed by atoms with van der Waals surface area (Å²) in [6.45, 7) is 2.59. The molecule has 0 atom stereocenters. The van der Waals surface area contributed by atoms with E-state index >= 15 is 0 Å². The number of nitrogens with zero attached hydrogens (tertiary/aromatic N) is 2. The molecule has 11 heavy (non-hydrogen) atoms. The lowest BCUT2D eigenvalue weighted by Crippen LogP contribution is -2.52. The lowest BCUT2D eigenvalue weighted by atomic mass is 10.2. The minimum Gasteiger partial charge on any atom is -0.463 e. The van der Waals surface area contributed by atoms with Gasteiger partial charge in [-0.05, 0) is 6.92 Å². The number of aliphatic imine (C=N–C) groups is 1. The molecule has 0 bridgehead atoms. The molecule has 0 aromatic rings. The van der Waals surface area contributed by atoms with Crippen LogP contribution in [0.3, 0.4) is 0 Å².